The predicted octanol–water partition coefficient (Wildman–Crippen LogP) is 1.72. The van der Waals surface area contributed by atoms with Crippen LogP contribution in [0.25, 0.3) is 0 Å². The first-order valence-electron chi connectivity index (χ1n) is 12.5. The maximum Gasteiger partial charge on any atom is 0.309 e. The fourth-order valence-corrected chi connectivity index (χ4v) is 8.70. The van der Waals surface area contributed by atoms with Crippen molar-refractivity contribution in [3.8, 4) is 0 Å². The van der Waals surface area contributed by atoms with Gasteiger partial charge in [-0.05, 0) is 58.8 Å². The standard InChI is InChI=1S/C25H38O8/c1-5-31-20(28)16-7-9-25(30)15-6-8-23(29)11-14(26)10-18-24(23,13-32-21(2,3)33-18)19(15)17(27)12-22(16,25)4/h15-19,27,29-30H,5-13H2,1-4H3/t15-,16-,17-,18-,19-,22+,23+,24+,25-/m0/s1. The monoisotopic (exact) mass is 466 g/mol. The molecule has 1 saturated heterocycles. The van der Waals surface area contributed by atoms with Crippen molar-refractivity contribution >= 4 is 11.8 Å². The highest BCUT2D eigenvalue weighted by Gasteiger charge is 2.77. The Morgan fingerprint density at radius 3 is 2.61 bits per heavy atom. The van der Waals surface area contributed by atoms with Crippen molar-refractivity contribution in [3.05, 3.63) is 0 Å². The fraction of sp³-hybridized carbons (Fsp3) is 0.920. The number of Topliss-reactive ketones (excluding diaryl/α,β-unsaturated/α-hetero) is 1. The maximum absolute atomic E-state index is 12.8. The van der Waals surface area contributed by atoms with Gasteiger partial charge < -0.3 is 29.5 Å². The van der Waals surface area contributed by atoms with Crippen LogP contribution < -0.4 is 0 Å². The topological polar surface area (TPSA) is 123 Å². The van der Waals surface area contributed by atoms with E-state index in [4.69, 9.17) is 14.2 Å². The first kappa shape index (κ1) is 23.7. The van der Waals surface area contributed by atoms with Crippen LogP contribution in [0, 0.1) is 28.6 Å². The van der Waals surface area contributed by atoms with Gasteiger partial charge in [-0.25, -0.2) is 0 Å². The number of carbonyl (C=O) groups is 2. The Hall–Kier alpha value is -1.06. The second kappa shape index (κ2) is 7.23. The molecule has 186 valence electrons. The second-order valence-electron chi connectivity index (χ2n) is 11.9. The number of ketones is 1. The minimum Gasteiger partial charge on any atom is -0.466 e. The van der Waals surface area contributed by atoms with Gasteiger partial charge >= 0.3 is 5.97 Å². The van der Waals surface area contributed by atoms with Crippen molar-refractivity contribution < 1.29 is 39.1 Å². The molecule has 4 saturated carbocycles. The molecule has 8 heteroatoms. The van der Waals surface area contributed by atoms with Crippen LogP contribution in [0.2, 0.25) is 0 Å². The van der Waals surface area contributed by atoms with Crippen molar-refractivity contribution in [2.45, 2.75) is 102 Å². The molecular formula is C25H38O8. The largest absolute Gasteiger partial charge is 0.466 e. The van der Waals surface area contributed by atoms with Crippen LogP contribution in [0.5, 0.6) is 0 Å². The number of hydrogen-bond donors (Lipinski definition) is 3. The van der Waals surface area contributed by atoms with Gasteiger partial charge in [-0.3, -0.25) is 9.59 Å². The molecule has 33 heavy (non-hydrogen) atoms. The molecule has 8 nitrogen and oxygen atoms in total. The van der Waals surface area contributed by atoms with E-state index in [9.17, 15) is 24.9 Å². The Morgan fingerprint density at radius 1 is 1.18 bits per heavy atom. The van der Waals surface area contributed by atoms with Crippen molar-refractivity contribution in [3.63, 3.8) is 0 Å². The van der Waals surface area contributed by atoms with Gasteiger partial charge in [0.1, 0.15) is 5.78 Å². The third kappa shape index (κ3) is 2.94. The van der Waals surface area contributed by atoms with Gasteiger partial charge in [0.15, 0.2) is 5.79 Å². The molecule has 0 bridgehead atoms. The smallest absolute Gasteiger partial charge is 0.309 e. The summed E-state index contributed by atoms with van der Waals surface area (Å²) in [5.74, 6) is -2.63. The quantitative estimate of drug-likeness (QED) is 0.526. The van der Waals surface area contributed by atoms with Crippen LogP contribution in [0.1, 0.15) is 72.6 Å². The average Bonchev–Trinajstić information content (AvgIpc) is 2.97. The van der Waals surface area contributed by atoms with Crippen molar-refractivity contribution in [1.82, 2.24) is 0 Å². The van der Waals surface area contributed by atoms with Gasteiger partial charge in [0.05, 0.1) is 48.0 Å². The molecule has 9 atom stereocenters. The molecule has 0 aromatic heterocycles. The minimum absolute atomic E-state index is 0.00767. The number of hydrogen-bond acceptors (Lipinski definition) is 8. The fourth-order valence-electron chi connectivity index (χ4n) is 8.70. The van der Waals surface area contributed by atoms with Gasteiger partial charge in [-0.15, -0.1) is 0 Å². The molecule has 1 heterocycles. The minimum atomic E-state index is -1.37. The van der Waals surface area contributed by atoms with E-state index in [0.29, 0.717) is 25.7 Å². The van der Waals surface area contributed by atoms with Crippen LogP contribution in [0.4, 0.5) is 0 Å². The summed E-state index contributed by atoms with van der Waals surface area (Å²) in [5.41, 5.74) is -4.39. The van der Waals surface area contributed by atoms with E-state index < -0.39 is 51.9 Å². The molecule has 5 rings (SSSR count). The summed E-state index contributed by atoms with van der Waals surface area (Å²) < 4.78 is 17.7. The van der Waals surface area contributed by atoms with Crippen LogP contribution in [0.15, 0.2) is 0 Å². The number of esters is 1. The zero-order valence-corrected chi connectivity index (χ0v) is 20.1. The number of rotatable bonds is 2. The van der Waals surface area contributed by atoms with Gasteiger partial charge in [-0.1, -0.05) is 6.92 Å². The molecule has 4 aliphatic carbocycles. The Kier molecular flexibility index (Phi) is 5.19. The zero-order chi connectivity index (χ0) is 24.0. The van der Waals surface area contributed by atoms with Crippen molar-refractivity contribution in [2.24, 2.45) is 28.6 Å². The number of aliphatic hydroxyl groups excluding tert-OH is 1. The molecule has 0 aromatic rings. The van der Waals surface area contributed by atoms with Crippen LogP contribution >= 0.6 is 0 Å². The van der Waals surface area contributed by atoms with E-state index in [2.05, 4.69) is 0 Å². The lowest BCUT2D eigenvalue weighted by atomic mass is 9.40. The van der Waals surface area contributed by atoms with Gasteiger partial charge in [0.2, 0.25) is 0 Å². The molecule has 0 aromatic carbocycles. The molecule has 1 spiro atoms. The SMILES string of the molecule is CCOC(=O)[C@@H]1CC[C@]2(O)[C@H]3CC[C@@]4(O)CC(=O)C[C@@H]5OC(C)(C)OC[C@]54[C@@H]3[C@@H](O)C[C@]12C. The first-order chi connectivity index (χ1) is 15.3. The number of carbonyl (C=O) groups excluding carboxylic acids is 2. The number of fused-ring (bicyclic) bond motifs is 3. The number of ether oxygens (including phenoxy) is 3. The molecule has 0 radical (unpaired) electrons. The van der Waals surface area contributed by atoms with E-state index in [1.54, 1.807) is 20.8 Å². The summed E-state index contributed by atoms with van der Waals surface area (Å²) in [7, 11) is 0. The van der Waals surface area contributed by atoms with Crippen LogP contribution in [0.3, 0.4) is 0 Å². The molecule has 1 aliphatic heterocycles. The van der Waals surface area contributed by atoms with Gasteiger partial charge in [0, 0.05) is 24.2 Å². The summed E-state index contributed by atoms with van der Waals surface area (Å²) in [4.78, 5) is 25.5. The number of aliphatic hydroxyl groups is 3. The molecule has 5 aliphatic rings. The first-order valence-corrected chi connectivity index (χ1v) is 12.5. The van der Waals surface area contributed by atoms with Gasteiger partial charge in [0.25, 0.3) is 0 Å². The highest BCUT2D eigenvalue weighted by atomic mass is 16.7. The summed E-state index contributed by atoms with van der Waals surface area (Å²) >= 11 is 0. The Bertz CT molecular complexity index is 857. The maximum atomic E-state index is 12.8. The second-order valence-corrected chi connectivity index (χ2v) is 11.9. The lowest BCUT2D eigenvalue weighted by Crippen LogP contribution is -2.77. The zero-order valence-electron chi connectivity index (χ0n) is 20.1. The van der Waals surface area contributed by atoms with Crippen LogP contribution in [-0.4, -0.2) is 69.5 Å². The normalized spacial score (nSPS) is 52.8. The van der Waals surface area contributed by atoms with E-state index in [-0.39, 0.29) is 50.1 Å². The van der Waals surface area contributed by atoms with Gasteiger partial charge in [-0.2, -0.15) is 0 Å². The summed E-state index contributed by atoms with van der Waals surface area (Å²) in [5, 5.41) is 35.8. The summed E-state index contributed by atoms with van der Waals surface area (Å²) in [6.07, 6.45) is 0.615. The predicted molar refractivity (Wildman–Crippen MR) is 116 cm³/mol. The molecular weight excluding hydrogens is 428 g/mol. The molecule has 0 unspecified atom stereocenters. The lowest BCUT2D eigenvalue weighted by Gasteiger charge is -2.70. The van der Waals surface area contributed by atoms with Crippen molar-refractivity contribution in [2.75, 3.05) is 13.2 Å². The Labute approximate surface area is 195 Å². The van der Waals surface area contributed by atoms with Crippen molar-refractivity contribution in [1.29, 1.82) is 0 Å². The Morgan fingerprint density at radius 2 is 1.91 bits per heavy atom. The highest BCUT2D eigenvalue weighted by Crippen LogP contribution is 2.70. The van der Waals surface area contributed by atoms with E-state index in [0.717, 1.165) is 0 Å². The third-order valence-electron chi connectivity index (χ3n) is 10.1. The highest BCUT2D eigenvalue weighted by molar-refractivity contribution is 5.82. The summed E-state index contributed by atoms with van der Waals surface area (Å²) in [6.45, 7) is 7.68. The van der Waals surface area contributed by atoms with Crippen LogP contribution in [-0.2, 0) is 23.8 Å². The Balaban J connectivity index is 1.59. The summed E-state index contributed by atoms with van der Waals surface area (Å²) in [6, 6.07) is 0. The van der Waals surface area contributed by atoms with E-state index in [1.807, 2.05) is 6.92 Å². The molecule has 0 amide bonds. The third-order valence-corrected chi connectivity index (χ3v) is 10.1. The molecule has 5 fully saturated rings. The van der Waals surface area contributed by atoms with E-state index >= 15 is 0 Å². The lowest BCUT2D eigenvalue weighted by molar-refractivity contribution is -0.390. The average molecular weight is 467 g/mol. The molecule has 3 N–H and O–H groups in total. The van der Waals surface area contributed by atoms with E-state index in [1.165, 1.54) is 0 Å².